The molecule has 0 unspecified atom stereocenters. The maximum absolute atomic E-state index is 11.8. The van der Waals surface area contributed by atoms with Crippen LogP contribution < -0.4 is 5.32 Å². The van der Waals surface area contributed by atoms with Crippen LogP contribution in [-0.2, 0) is 4.79 Å². The van der Waals surface area contributed by atoms with Gasteiger partial charge in [-0.3, -0.25) is 4.79 Å². The van der Waals surface area contributed by atoms with Crippen molar-refractivity contribution in [1.82, 2.24) is 25.4 Å². The number of anilines is 1. The minimum absolute atomic E-state index is 0.166. The maximum atomic E-state index is 11.8. The number of nitrogens with one attached hydrogen (secondary N) is 1. The Balaban J connectivity index is 1.68. The van der Waals surface area contributed by atoms with Crippen molar-refractivity contribution in [3.63, 3.8) is 0 Å². The van der Waals surface area contributed by atoms with Crippen LogP contribution >= 0.6 is 11.8 Å². The smallest absolute Gasteiger partial charge is 0.236 e. The van der Waals surface area contributed by atoms with Gasteiger partial charge >= 0.3 is 0 Å². The maximum Gasteiger partial charge on any atom is 0.236 e. The highest BCUT2D eigenvalue weighted by Crippen LogP contribution is 2.20. The Kier molecular flexibility index (Phi) is 4.15. The molecule has 0 spiro atoms. The number of tetrazole rings is 1. The van der Waals surface area contributed by atoms with E-state index in [0.717, 1.165) is 11.3 Å². The number of benzene rings is 1. The summed E-state index contributed by atoms with van der Waals surface area (Å²) in [7, 11) is 0. The van der Waals surface area contributed by atoms with Gasteiger partial charge in [-0.05, 0) is 29.0 Å². The van der Waals surface area contributed by atoms with Crippen molar-refractivity contribution in [3.05, 3.63) is 42.2 Å². The lowest BCUT2D eigenvalue weighted by Gasteiger charge is -2.06. The second-order valence-electron chi connectivity index (χ2n) is 4.38. The molecule has 0 saturated heterocycles. The fraction of sp³-hybridized carbons (Fsp3) is 0.154. The highest BCUT2D eigenvalue weighted by Gasteiger charge is 2.13. The standard InChI is InChI=1S/C13H12N6O2S/c1-9-4-2-3-5-10(9)19-13(15-17-18-19)22-8-12(20)14-11-6-7-21-16-11/h2-7H,8H2,1H3,(H,14,16,20). The Morgan fingerprint density at radius 3 is 3.00 bits per heavy atom. The Bertz CT molecular complexity index is 770. The van der Waals surface area contributed by atoms with Crippen molar-refractivity contribution in [3.8, 4) is 5.69 Å². The van der Waals surface area contributed by atoms with E-state index in [2.05, 4.69) is 30.5 Å². The number of aryl methyl sites for hydroxylation is 1. The van der Waals surface area contributed by atoms with Crippen LogP contribution in [0.2, 0.25) is 0 Å². The molecule has 0 radical (unpaired) electrons. The van der Waals surface area contributed by atoms with Crippen LogP contribution in [0.1, 0.15) is 5.56 Å². The molecule has 0 aliphatic carbocycles. The van der Waals surface area contributed by atoms with Gasteiger partial charge in [0.2, 0.25) is 11.1 Å². The monoisotopic (exact) mass is 316 g/mol. The number of rotatable bonds is 5. The summed E-state index contributed by atoms with van der Waals surface area (Å²) in [5.41, 5.74) is 1.93. The normalized spacial score (nSPS) is 10.6. The second kappa shape index (κ2) is 6.39. The number of carbonyl (C=O) groups is 1. The van der Waals surface area contributed by atoms with Crippen molar-refractivity contribution < 1.29 is 9.32 Å². The van der Waals surface area contributed by atoms with Gasteiger partial charge in [-0.2, -0.15) is 4.68 Å². The van der Waals surface area contributed by atoms with Crippen molar-refractivity contribution in [2.24, 2.45) is 0 Å². The first-order valence-corrected chi connectivity index (χ1v) is 7.40. The Morgan fingerprint density at radius 1 is 1.36 bits per heavy atom. The lowest BCUT2D eigenvalue weighted by molar-refractivity contribution is -0.113. The molecule has 8 nitrogen and oxygen atoms in total. The number of thioether (sulfide) groups is 1. The number of amides is 1. The lowest BCUT2D eigenvalue weighted by Crippen LogP contribution is -2.14. The van der Waals surface area contributed by atoms with Gasteiger partial charge in [-0.25, -0.2) is 0 Å². The number of hydrogen-bond donors (Lipinski definition) is 1. The quantitative estimate of drug-likeness (QED) is 0.715. The minimum atomic E-state index is -0.210. The van der Waals surface area contributed by atoms with Gasteiger partial charge in [-0.1, -0.05) is 35.1 Å². The third-order valence-electron chi connectivity index (χ3n) is 2.82. The number of para-hydroxylation sites is 1. The van der Waals surface area contributed by atoms with E-state index >= 15 is 0 Å². The van der Waals surface area contributed by atoms with Crippen LogP contribution in [0.15, 0.2) is 46.3 Å². The molecule has 0 fully saturated rings. The van der Waals surface area contributed by atoms with Gasteiger partial charge in [0.1, 0.15) is 6.26 Å². The van der Waals surface area contributed by atoms with E-state index in [0.29, 0.717) is 11.0 Å². The molecule has 0 aliphatic heterocycles. The molecule has 2 aromatic heterocycles. The summed E-state index contributed by atoms with van der Waals surface area (Å²) in [6, 6.07) is 9.32. The van der Waals surface area contributed by atoms with E-state index in [4.69, 9.17) is 0 Å². The Morgan fingerprint density at radius 2 is 2.23 bits per heavy atom. The van der Waals surface area contributed by atoms with E-state index in [-0.39, 0.29) is 11.7 Å². The average Bonchev–Trinajstić information content (AvgIpc) is 3.17. The van der Waals surface area contributed by atoms with Crippen LogP contribution in [0.3, 0.4) is 0 Å². The van der Waals surface area contributed by atoms with Crippen LogP contribution in [-0.4, -0.2) is 37.0 Å². The van der Waals surface area contributed by atoms with Gasteiger partial charge in [0.25, 0.3) is 0 Å². The summed E-state index contributed by atoms with van der Waals surface area (Å²) in [6.45, 7) is 1.97. The molecule has 2 heterocycles. The average molecular weight is 316 g/mol. The molecule has 22 heavy (non-hydrogen) atoms. The van der Waals surface area contributed by atoms with Crippen molar-refractivity contribution in [1.29, 1.82) is 0 Å². The van der Waals surface area contributed by atoms with Gasteiger partial charge < -0.3 is 9.84 Å². The molecule has 3 aromatic rings. The molecule has 112 valence electrons. The number of carbonyl (C=O) groups excluding carboxylic acids is 1. The van der Waals surface area contributed by atoms with Gasteiger partial charge in [0, 0.05) is 6.07 Å². The van der Waals surface area contributed by atoms with Crippen LogP contribution in [0.4, 0.5) is 5.82 Å². The summed E-state index contributed by atoms with van der Waals surface area (Å²) in [6.07, 6.45) is 1.39. The topological polar surface area (TPSA) is 98.7 Å². The van der Waals surface area contributed by atoms with E-state index in [1.807, 2.05) is 31.2 Å². The predicted molar refractivity (Wildman–Crippen MR) is 79.7 cm³/mol. The zero-order valence-electron chi connectivity index (χ0n) is 11.6. The predicted octanol–water partition coefficient (Wildman–Crippen LogP) is 1.69. The first-order chi connectivity index (χ1) is 10.7. The van der Waals surface area contributed by atoms with E-state index in [1.165, 1.54) is 18.0 Å². The summed E-state index contributed by atoms with van der Waals surface area (Å²) in [4.78, 5) is 11.8. The van der Waals surface area contributed by atoms with E-state index < -0.39 is 0 Å². The third-order valence-corrected chi connectivity index (χ3v) is 3.74. The van der Waals surface area contributed by atoms with Gasteiger partial charge in [-0.15, -0.1) is 5.10 Å². The zero-order valence-corrected chi connectivity index (χ0v) is 12.4. The molecular formula is C13H12N6O2S. The van der Waals surface area contributed by atoms with E-state index in [9.17, 15) is 4.79 Å². The lowest BCUT2D eigenvalue weighted by atomic mass is 10.2. The van der Waals surface area contributed by atoms with Crippen LogP contribution in [0, 0.1) is 6.92 Å². The summed E-state index contributed by atoms with van der Waals surface area (Å²) < 4.78 is 6.26. The van der Waals surface area contributed by atoms with Crippen molar-refractivity contribution in [2.45, 2.75) is 12.1 Å². The molecule has 1 amide bonds. The molecule has 1 aromatic carbocycles. The zero-order chi connectivity index (χ0) is 15.4. The highest BCUT2D eigenvalue weighted by molar-refractivity contribution is 7.99. The molecule has 0 bridgehead atoms. The molecule has 0 aliphatic rings. The Labute approximate surface area is 129 Å². The molecule has 9 heteroatoms. The fourth-order valence-electron chi connectivity index (χ4n) is 1.81. The summed E-state index contributed by atoms with van der Waals surface area (Å²) in [5, 5.41) is 18.4. The first-order valence-electron chi connectivity index (χ1n) is 6.41. The fourth-order valence-corrected chi connectivity index (χ4v) is 2.49. The molecule has 0 saturated carbocycles. The SMILES string of the molecule is Cc1ccccc1-n1nnnc1SCC(=O)Nc1ccon1. The van der Waals surface area contributed by atoms with Crippen molar-refractivity contribution >= 4 is 23.5 Å². The van der Waals surface area contributed by atoms with Gasteiger partial charge in [0.15, 0.2) is 5.82 Å². The largest absolute Gasteiger partial charge is 0.363 e. The summed E-state index contributed by atoms with van der Waals surface area (Å²) in [5.74, 6) is 0.335. The van der Waals surface area contributed by atoms with Crippen LogP contribution in [0.25, 0.3) is 5.69 Å². The minimum Gasteiger partial charge on any atom is -0.363 e. The third kappa shape index (κ3) is 3.14. The highest BCUT2D eigenvalue weighted by atomic mass is 32.2. The number of hydrogen-bond acceptors (Lipinski definition) is 7. The second-order valence-corrected chi connectivity index (χ2v) is 5.32. The molecule has 3 rings (SSSR count). The Hall–Kier alpha value is -2.68. The number of aromatic nitrogens is 5. The summed E-state index contributed by atoms with van der Waals surface area (Å²) >= 11 is 1.24. The molecular weight excluding hydrogens is 304 g/mol. The molecule has 0 atom stereocenters. The molecule has 1 N–H and O–H groups in total. The van der Waals surface area contributed by atoms with Crippen LogP contribution in [0.5, 0.6) is 0 Å². The van der Waals surface area contributed by atoms with E-state index in [1.54, 1.807) is 10.7 Å². The number of nitrogens with zero attached hydrogens (tertiary/aromatic N) is 5. The van der Waals surface area contributed by atoms with Gasteiger partial charge in [0.05, 0.1) is 11.4 Å². The first kappa shape index (κ1) is 14.3. The van der Waals surface area contributed by atoms with Crippen molar-refractivity contribution in [2.75, 3.05) is 11.1 Å².